The number of carbonyl (C=O) groups is 2. The van der Waals surface area contributed by atoms with Crippen molar-refractivity contribution in [1.82, 2.24) is 0 Å². The van der Waals surface area contributed by atoms with Gasteiger partial charge in [0.15, 0.2) is 0 Å². The number of hydrogen-bond donors (Lipinski definition) is 1. The topological polar surface area (TPSA) is 58.6 Å². The highest BCUT2D eigenvalue weighted by Gasteiger charge is 2.31. The molecule has 0 fully saturated rings. The fourth-order valence-electron chi connectivity index (χ4n) is 2.46. The van der Waals surface area contributed by atoms with E-state index in [0.29, 0.717) is 11.4 Å². The van der Waals surface area contributed by atoms with Gasteiger partial charge in [0.25, 0.3) is 0 Å². The molecule has 0 unspecified atom stereocenters. The molecule has 144 valence electrons. The number of ether oxygens (including phenoxy) is 1. The smallest absolute Gasteiger partial charge is 0.416 e. The lowest BCUT2D eigenvalue weighted by molar-refractivity contribution is -0.137. The van der Waals surface area contributed by atoms with Crippen LogP contribution in [0.25, 0.3) is 0 Å². The number of benzene rings is 2. The van der Waals surface area contributed by atoms with Crippen LogP contribution in [0.15, 0.2) is 48.5 Å². The molecule has 0 saturated heterocycles. The van der Waals surface area contributed by atoms with Gasteiger partial charge in [-0.2, -0.15) is 13.2 Å². The zero-order valence-corrected chi connectivity index (χ0v) is 14.8. The molecule has 0 aliphatic heterocycles. The van der Waals surface area contributed by atoms with Gasteiger partial charge < -0.3 is 15.0 Å². The van der Waals surface area contributed by atoms with Crippen LogP contribution in [0.1, 0.15) is 18.9 Å². The monoisotopic (exact) mass is 380 g/mol. The Bertz CT molecular complexity index is 822. The van der Waals surface area contributed by atoms with Crippen LogP contribution in [0.5, 0.6) is 5.75 Å². The van der Waals surface area contributed by atoms with E-state index >= 15 is 0 Å². The van der Waals surface area contributed by atoms with Gasteiger partial charge in [-0.05, 0) is 30.3 Å². The summed E-state index contributed by atoms with van der Waals surface area (Å²) in [6, 6.07) is 11.2. The number of anilines is 2. The largest absolute Gasteiger partial charge is 0.497 e. The first-order valence-corrected chi connectivity index (χ1v) is 8.10. The molecular weight excluding hydrogens is 361 g/mol. The van der Waals surface area contributed by atoms with Crippen LogP contribution >= 0.6 is 0 Å². The Kier molecular flexibility index (Phi) is 6.44. The average Bonchev–Trinajstić information content (AvgIpc) is 2.61. The predicted molar refractivity (Wildman–Crippen MR) is 95.7 cm³/mol. The van der Waals surface area contributed by atoms with Gasteiger partial charge in [-0.15, -0.1) is 0 Å². The molecule has 0 aromatic heterocycles. The second-order valence-corrected chi connectivity index (χ2v) is 5.75. The van der Waals surface area contributed by atoms with Gasteiger partial charge in [0.1, 0.15) is 5.75 Å². The lowest BCUT2D eigenvalue weighted by Crippen LogP contribution is -2.32. The number of carbonyl (C=O) groups excluding carboxylic acids is 2. The van der Waals surface area contributed by atoms with Crippen LogP contribution in [0, 0.1) is 0 Å². The van der Waals surface area contributed by atoms with Gasteiger partial charge in [0.05, 0.1) is 12.7 Å². The van der Waals surface area contributed by atoms with Crippen LogP contribution in [-0.4, -0.2) is 25.5 Å². The van der Waals surface area contributed by atoms with Crippen molar-refractivity contribution in [3.63, 3.8) is 0 Å². The summed E-state index contributed by atoms with van der Waals surface area (Å²) in [7, 11) is 1.50. The normalized spacial score (nSPS) is 11.0. The summed E-state index contributed by atoms with van der Waals surface area (Å²) in [6.45, 7) is 1.19. The molecule has 0 heterocycles. The molecular formula is C19H19F3N2O3. The van der Waals surface area contributed by atoms with E-state index in [2.05, 4.69) is 5.32 Å². The van der Waals surface area contributed by atoms with Gasteiger partial charge in [0, 0.05) is 37.3 Å². The zero-order valence-electron chi connectivity index (χ0n) is 14.8. The molecule has 0 spiro atoms. The van der Waals surface area contributed by atoms with Crippen LogP contribution < -0.4 is 15.0 Å². The standard InChI is InChI=1S/C19H19F3N2O3/c1-13(25)24(16-7-3-5-14(11-16)19(20,21)22)10-9-18(26)23-15-6-4-8-17(12-15)27-2/h3-8,11-12H,9-10H2,1-2H3,(H,23,26). The van der Waals surface area contributed by atoms with E-state index in [0.717, 1.165) is 17.0 Å². The van der Waals surface area contributed by atoms with E-state index in [4.69, 9.17) is 4.74 Å². The first kappa shape index (κ1) is 20.3. The third kappa shape index (κ3) is 5.73. The quantitative estimate of drug-likeness (QED) is 0.821. The van der Waals surface area contributed by atoms with E-state index in [9.17, 15) is 22.8 Å². The minimum atomic E-state index is -4.51. The summed E-state index contributed by atoms with van der Waals surface area (Å²) in [5.41, 5.74) is -0.244. The lowest BCUT2D eigenvalue weighted by atomic mass is 10.1. The van der Waals surface area contributed by atoms with Crippen molar-refractivity contribution < 1.29 is 27.5 Å². The summed E-state index contributed by atoms with van der Waals surface area (Å²) in [6.07, 6.45) is -4.59. The summed E-state index contributed by atoms with van der Waals surface area (Å²) in [5, 5.41) is 2.66. The van der Waals surface area contributed by atoms with Crippen molar-refractivity contribution >= 4 is 23.2 Å². The number of nitrogens with zero attached hydrogens (tertiary/aromatic N) is 1. The SMILES string of the molecule is COc1cccc(NC(=O)CCN(C(C)=O)c2cccc(C(F)(F)F)c2)c1. The summed E-state index contributed by atoms with van der Waals surface area (Å²) in [4.78, 5) is 25.1. The molecule has 1 N–H and O–H groups in total. The zero-order chi connectivity index (χ0) is 20.0. The number of alkyl halides is 3. The second kappa shape index (κ2) is 8.57. The Labute approximate surface area is 154 Å². The maximum absolute atomic E-state index is 12.9. The van der Waals surface area contributed by atoms with Crippen molar-refractivity contribution in [2.24, 2.45) is 0 Å². The third-order valence-corrected chi connectivity index (χ3v) is 3.78. The molecule has 27 heavy (non-hydrogen) atoms. The number of hydrogen-bond acceptors (Lipinski definition) is 3. The maximum Gasteiger partial charge on any atom is 0.416 e. The number of halogens is 3. The maximum atomic E-state index is 12.9. The van der Waals surface area contributed by atoms with Gasteiger partial charge in [-0.1, -0.05) is 12.1 Å². The highest BCUT2D eigenvalue weighted by molar-refractivity contribution is 5.94. The highest BCUT2D eigenvalue weighted by Crippen LogP contribution is 2.31. The van der Waals surface area contributed by atoms with E-state index in [-0.39, 0.29) is 24.6 Å². The molecule has 0 atom stereocenters. The first-order valence-electron chi connectivity index (χ1n) is 8.10. The Balaban J connectivity index is 2.06. The predicted octanol–water partition coefficient (Wildman–Crippen LogP) is 4.10. The number of nitrogens with one attached hydrogen (secondary N) is 1. The van der Waals surface area contributed by atoms with Crippen molar-refractivity contribution in [2.45, 2.75) is 19.5 Å². The molecule has 2 amide bonds. The number of amides is 2. The molecule has 0 aliphatic rings. The minimum absolute atomic E-state index is 0.0492. The fraction of sp³-hybridized carbons (Fsp3) is 0.263. The van der Waals surface area contributed by atoms with Gasteiger partial charge in [0.2, 0.25) is 11.8 Å². The summed E-state index contributed by atoms with van der Waals surface area (Å²) >= 11 is 0. The number of rotatable bonds is 6. The van der Waals surface area contributed by atoms with Crippen molar-refractivity contribution in [3.05, 3.63) is 54.1 Å². The van der Waals surface area contributed by atoms with E-state index < -0.39 is 17.6 Å². The number of methoxy groups -OCH3 is 1. The molecule has 0 aliphatic carbocycles. The van der Waals surface area contributed by atoms with Gasteiger partial charge in [-0.25, -0.2) is 0 Å². The van der Waals surface area contributed by atoms with Crippen molar-refractivity contribution in [3.8, 4) is 5.75 Å². The molecule has 0 radical (unpaired) electrons. The molecule has 0 saturated carbocycles. The van der Waals surface area contributed by atoms with E-state index in [1.54, 1.807) is 24.3 Å². The molecule has 2 rings (SSSR count). The Hall–Kier alpha value is -3.03. The Morgan fingerprint density at radius 1 is 1.11 bits per heavy atom. The lowest BCUT2D eigenvalue weighted by Gasteiger charge is -2.22. The molecule has 0 bridgehead atoms. The van der Waals surface area contributed by atoms with Crippen LogP contribution in [-0.2, 0) is 15.8 Å². The summed E-state index contributed by atoms with van der Waals surface area (Å²) < 4.78 is 43.7. The third-order valence-electron chi connectivity index (χ3n) is 3.78. The molecule has 8 heteroatoms. The molecule has 2 aromatic rings. The van der Waals surface area contributed by atoms with E-state index in [1.165, 1.54) is 26.2 Å². The van der Waals surface area contributed by atoms with Crippen LogP contribution in [0.2, 0.25) is 0 Å². The van der Waals surface area contributed by atoms with Crippen molar-refractivity contribution in [2.75, 3.05) is 23.9 Å². The van der Waals surface area contributed by atoms with Gasteiger partial charge >= 0.3 is 6.18 Å². The highest BCUT2D eigenvalue weighted by atomic mass is 19.4. The van der Waals surface area contributed by atoms with Crippen LogP contribution in [0.4, 0.5) is 24.5 Å². The minimum Gasteiger partial charge on any atom is -0.497 e. The Morgan fingerprint density at radius 2 is 1.81 bits per heavy atom. The van der Waals surface area contributed by atoms with Crippen LogP contribution in [0.3, 0.4) is 0 Å². The first-order chi connectivity index (χ1) is 12.7. The average molecular weight is 380 g/mol. The van der Waals surface area contributed by atoms with E-state index in [1.807, 2.05) is 0 Å². The molecule has 2 aromatic carbocycles. The Morgan fingerprint density at radius 3 is 2.44 bits per heavy atom. The fourth-order valence-corrected chi connectivity index (χ4v) is 2.46. The summed E-state index contributed by atoms with van der Waals surface area (Å²) in [5.74, 6) is -0.257. The molecule has 5 nitrogen and oxygen atoms in total. The van der Waals surface area contributed by atoms with Crippen molar-refractivity contribution in [1.29, 1.82) is 0 Å². The second-order valence-electron chi connectivity index (χ2n) is 5.75. The van der Waals surface area contributed by atoms with Gasteiger partial charge in [-0.3, -0.25) is 9.59 Å².